The fraction of sp³-hybridized carbons (Fsp3) is 0.833. The predicted molar refractivity (Wildman–Crippen MR) is 31.1 cm³/mol. The number of carboxylic acid groups (broad SMARTS) is 1. The Morgan fingerprint density at radius 1 is 1.56 bits per heavy atom. The molecule has 1 aliphatic heterocycles. The zero-order valence-electron chi connectivity index (χ0n) is 5.00. The van der Waals surface area contributed by atoms with E-state index >= 15 is 0 Å². The molecule has 50 valence electrons. The number of fused-ring (bicyclic) bond motifs is 1. The number of aliphatic carboxylic acids is 1. The van der Waals surface area contributed by atoms with Crippen molar-refractivity contribution in [3.63, 3.8) is 0 Å². The smallest absolute Gasteiger partial charge is 0.320 e. The van der Waals surface area contributed by atoms with Gasteiger partial charge in [0.15, 0.2) is 0 Å². The molecule has 0 radical (unpaired) electrons. The number of nitrogens with one attached hydrogen (secondary N) is 1. The van der Waals surface area contributed by atoms with Crippen LogP contribution in [-0.2, 0) is 4.79 Å². The van der Waals surface area contributed by atoms with Crippen LogP contribution in [0.15, 0.2) is 0 Å². The standard InChI is InChI=1S/C6H9NO2/c8-6(9)5-2-3-1-4(3)7-5/h3-5,7H,1-2H2,(H,8,9)/t3-,4+,5-/m0/s1. The van der Waals surface area contributed by atoms with Gasteiger partial charge in [-0.2, -0.15) is 0 Å². The third kappa shape index (κ3) is 0.721. The highest BCUT2D eigenvalue weighted by Gasteiger charge is 2.47. The van der Waals surface area contributed by atoms with Gasteiger partial charge in [0.25, 0.3) is 0 Å². The number of carbonyl (C=O) groups is 1. The quantitative estimate of drug-likeness (QED) is 0.513. The molecule has 1 saturated heterocycles. The van der Waals surface area contributed by atoms with E-state index in [0.717, 1.165) is 6.42 Å². The van der Waals surface area contributed by atoms with Crippen molar-refractivity contribution in [2.24, 2.45) is 5.92 Å². The highest BCUT2D eigenvalue weighted by Crippen LogP contribution is 2.40. The SMILES string of the molecule is O=C(O)[C@@H]1C[C@@H]2C[C@H]2N1. The lowest BCUT2D eigenvalue weighted by Crippen LogP contribution is -2.33. The van der Waals surface area contributed by atoms with Gasteiger partial charge in [0.05, 0.1) is 0 Å². The summed E-state index contributed by atoms with van der Waals surface area (Å²) in [5.41, 5.74) is 0. The third-order valence-corrected chi connectivity index (χ3v) is 2.17. The monoisotopic (exact) mass is 127 g/mol. The Morgan fingerprint density at radius 3 is 2.67 bits per heavy atom. The van der Waals surface area contributed by atoms with Crippen molar-refractivity contribution in [2.75, 3.05) is 0 Å². The van der Waals surface area contributed by atoms with Gasteiger partial charge in [-0.25, -0.2) is 0 Å². The summed E-state index contributed by atoms with van der Waals surface area (Å²) in [5.74, 6) is -0.00620. The van der Waals surface area contributed by atoms with E-state index in [1.807, 2.05) is 0 Å². The van der Waals surface area contributed by atoms with Crippen molar-refractivity contribution >= 4 is 5.97 Å². The first-order chi connectivity index (χ1) is 4.27. The van der Waals surface area contributed by atoms with Gasteiger partial charge in [0, 0.05) is 6.04 Å². The molecule has 9 heavy (non-hydrogen) atoms. The van der Waals surface area contributed by atoms with E-state index in [-0.39, 0.29) is 6.04 Å². The molecule has 2 fully saturated rings. The molecular weight excluding hydrogens is 118 g/mol. The molecule has 0 bridgehead atoms. The van der Waals surface area contributed by atoms with E-state index in [2.05, 4.69) is 5.32 Å². The lowest BCUT2D eigenvalue weighted by molar-refractivity contribution is -0.139. The average Bonchev–Trinajstić information content (AvgIpc) is 2.40. The van der Waals surface area contributed by atoms with Gasteiger partial charge in [-0.3, -0.25) is 4.79 Å². The predicted octanol–water partition coefficient (Wildman–Crippen LogP) is -0.179. The number of rotatable bonds is 1. The molecule has 0 amide bonds. The van der Waals surface area contributed by atoms with Crippen LogP contribution in [0.5, 0.6) is 0 Å². The molecule has 1 aliphatic carbocycles. The normalized spacial score (nSPS) is 46.4. The average molecular weight is 127 g/mol. The first kappa shape index (κ1) is 5.23. The van der Waals surface area contributed by atoms with E-state index < -0.39 is 5.97 Å². The molecule has 2 rings (SSSR count). The number of carboxylic acids is 1. The van der Waals surface area contributed by atoms with Crippen molar-refractivity contribution in [3.05, 3.63) is 0 Å². The Hall–Kier alpha value is -0.570. The summed E-state index contributed by atoms with van der Waals surface area (Å²) in [7, 11) is 0. The fourth-order valence-corrected chi connectivity index (χ4v) is 1.51. The third-order valence-electron chi connectivity index (χ3n) is 2.17. The van der Waals surface area contributed by atoms with Gasteiger partial charge < -0.3 is 10.4 Å². The van der Waals surface area contributed by atoms with Gasteiger partial charge in [0.2, 0.25) is 0 Å². The molecule has 2 N–H and O–H groups in total. The van der Waals surface area contributed by atoms with Gasteiger partial charge >= 0.3 is 5.97 Å². The van der Waals surface area contributed by atoms with Crippen molar-refractivity contribution in [3.8, 4) is 0 Å². The lowest BCUT2D eigenvalue weighted by Gasteiger charge is -2.04. The van der Waals surface area contributed by atoms with Gasteiger partial charge in [-0.15, -0.1) is 0 Å². The molecule has 0 aromatic carbocycles. The number of hydrogen-bond donors (Lipinski definition) is 2. The van der Waals surface area contributed by atoms with Crippen LogP contribution in [0.3, 0.4) is 0 Å². The van der Waals surface area contributed by atoms with Gasteiger partial charge in [0.1, 0.15) is 6.04 Å². The molecule has 3 nitrogen and oxygen atoms in total. The minimum atomic E-state index is -0.692. The second-order valence-electron chi connectivity index (χ2n) is 2.90. The lowest BCUT2D eigenvalue weighted by atomic mass is 10.2. The van der Waals surface area contributed by atoms with Gasteiger partial charge in [-0.1, -0.05) is 0 Å². The molecule has 0 spiro atoms. The van der Waals surface area contributed by atoms with Crippen LogP contribution in [-0.4, -0.2) is 23.2 Å². The van der Waals surface area contributed by atoms with Crippen molar-refractivity contribution in [1.82, 2.24) is 5.32 Å². The summed E-state index contributed by atoms with van der Waals surface area (Å²) in [5, 5.41) is 11.5. The summed E-state index contributed by atoms with van der Waals surface area (Å²) in [4.78, 5) is 10.3. The second kappa shape index (κ2) is 1.48. The van der Waals surface area contributed by atoms with Crippen LogP contribution in [0.1, 0.15) is 12.8 Å². The highest BCUT2D eigenvalue weighted by molar-refractivity contribution is 5.74. The highest BCUT2D eigenvalue weighted by atomic mass is 16.4. The summed E-state index contributed by atoms with van der Waals surface area (Å²) >= 11 is 0. The van der Waals surface area contributed by atoms with Crippen LogP contribution < -0.4 is 5.32 Å². The van der Waals surface area contributed by atoms with E-state index in [1.54, 1.807) is 0 Å². The van der Waals surface area contributed by atoms with Crippen molar-refractivity contribution in [2.45, 2.75) is 24.9 Å². The first-order valence-electron chi connectivity index (χ1n) is 3.26. The van der Waals surface area contributed by atoms with E-state index in [1.165, 1.54) is 6.42 Å². The summed E-state index contributed by atoms with van der Waals surface area (Å²) in [6, 6.07) is 0.305. The van der Waals surface area contributed by atoms with E-state index in [0.29, 0.717) is 12.0 Å². The van der Waals surface area contributed by atoms with Gasteiger partial charge in [-0.05, 0) is 18.8 Å². The Labute approximate surface area is 53.1 Å². The molecule has 3 heteroatoms. The molecule has 3 atom stereocenters. The molecule has 0 aromatic heterocycles. The zero-order chi connectivity index (χ0) is 6.43. The maximum Gasteiger partial charge on any atom is 0.320 e. The van der Waals surface area contributed by atoms with Crippen LogP contribution in [0, 0.1) is 5.92 Å². The second-order valence-corrected chi connectivity index (χ2v) is 2.90. The summed E-state index contributed by atoms with van der Waals surface area (Å²) in [6.45, 7) is 0. The minimum absolute atomic E-state index is 0.242. The maximum absolute atomic E-state index is 10.3. The largest absolute Gasteiger partial charge is 0.480 e. The Kier molecular flexibility index (Phi) is 0.858. The van der Waals surface area contributed by atoms with Crippen molar-refractivity contribution in [1.29, 1.82) is 0 Å². The molecule has 1 saturated carbocycles. The molecule has 0 aromatic rings. The van der Waals surface area contributed by atoms with Crippen LogP contribution >= 0.6 is 0 Å². The molecule has 0 unspecified atom stereocenters. The minimum Gasteiger partial charge on any atom is -0.480 e. The Morgan fingerprint density at radius 2 is 2.33 bits per heavy atom. The fourth-order valence-electron chi connectivity index (χ4n) is 1.51. The maximum atomic E-state index is 10.3. The van der Waals surface area contributed by atoms with Crippen LogP contribution in [0.2, 0.25) is 0 Å². The molecule has 1 heterocycles. The Bertz CT molecular complexity index is 147. The Balaban J connectivity index is 1.97. The topological polar surface area (TPSA) is 49.3 Å². The van der Waals surface area contributed by atoms with Crippen LogP contribution in [0.25, 0.3) is 0 Å². The number of hydrogen-bond acceptors (Lipinski definition) is 2. The zero-order valence-corrected chi connectivity index (χ0v) is 5.00. The van der Waals surface area contributed by atoms with Crippen molar-refractivity contribution < 1.29 is 9.90 Å². The molecule has 2 aliphatic rings. The summed E-state index contributed by atoms with van der Waals surface area (Å²) < 4.78 is 0. The first-order valence-corrected chi connectivity index (χ1v) is 3.26. The van der Waals surface area contributed by atoms with E-state index in [9.17, 15) is 4.79 Å². The van der Waals surface area contributed by atoms with E-state index in [4.69, 9.17) is 5.11 Å². The van der Waals surface area contributed by atoms with Crippen LogP contribution in [0.4, 0.5) is 0 Å². The molecular formula is C6H9NO2. The summed E-state index contributed by atoms with van der Waals surface area (Å²) in [6.07, 6.45) is 2.05. The number of piperidine rings is 1.